The number of aromatic hydroxyl groups is 10. The Labute approximate surface area is 447 Å². The molecule has 0 saturated heterocycles. The third-order valence-corrected chi connectivity index (χ3v) is 11.1. The number of carboxylic acid groups (broad SMARTS) is 3. The van der Waals surface area contributed by atoms with Crippen LogP contribution in [0.3, 0.4) is 0 Å². The van der Waals surface area contributed by atoms with Crippen LogP contribution < -0.4 is 5.43 Å². The number of carbonyl (C=O) groups excluding carboxylic acids is 3. The largest absolute Gasteiger partial charge is 0.508 e. The standard InChI is InChI=1S/C22H18O12.C16H18O9.C15H10O6/c23-13-5-1-11(9-15(13)25)3-7-17(27)33-19(21(29)30)20(22(31)32)34-18(28)8-4-12-2-6-14(24)16(26)10-12;17-9-3-1-8(5-10(9)18)2-4-13(20)25-12-7-16(24,15(22)23)6-11(19)14(12)21;16-8-4-11(19)15-12(20)6-13(21-14(15)5-8)7-1-2-9(17)10(18)3-7/h1-10,19-20,23-26H,(H,29,30)(H,31,32);1-5,11-12,14,17-19,21,24H,6-7H2,(H,22,23);1-6,16-19H/b7-3+,8-4+;4-2+;/t19-,20-;11-,12-,14-,16+;/m11./s1. The Morgan fingerprint density at radius 3 is 1.36 bits per heavy atom. The van der Waals surface area contributed by atoms with Crippen molar-refractivity contribution >= 4 is 65.0 Å². The molecule has 1 saturated carbocycles. The van der Waals surface area contributed by atoms with Gasteiger partial charge in [-0.2, -0.15) is 0 Å². The van der Waals surface area contributed by atoms with E-state index in [1.54, 1.807) is 0 Å². The Hall–Kier alpha value is -10.8. The van der Waals surface area contributed by atoms with Gasteiger partial charge in [-0.1, -0.05) is 18.2 Å². The Balaban J connectivity index is 0.000000227. The number of fused-ring (bicyclic) bond motifs is 1. The van der Waals surface area contributed by atoms with Crippen LogP contribution in [0.4, 0.5) is 0 Å². The average Bonchev–Trinajstić information content (AvgIpc) is 3.38. The molecular weight excluding hydrogens is 1070 g/mol. The van der Waals surface area contributed by atoms with Crippen LogP contribution in [0.1, 0.15) is 29.5 Å². The minimum absolute atomic E-state index is 0.0163. The molecule has 80 heavy (non-hydrogen) atoms. The van der Waals surface area contributed by atoms with Crippen molar-refractivity contribution in [3.05, 3.63) is 136 Å². The van der Waals surface area contributed by atoms with Gasteiger partial charge in [0.15, 0.2) is 57.0 Å². The highest BCUT2D eigenvalue weighted by atomic mass is 16.6. The fraction of sp³-hybridized carbons (Fsp3) is 0.151. The Bertz CT molecular complexity index is 3390. The number of hydrogen-bond acceptors (Lipinski definition) is 24. The molecule has 6 atom stereocenters. The molecule has 1 fully saturated rings. The topological polar surface area (TPSA) is 484 Å². The molecule has 1 aromatic heterocycles. The lowest BCUT2D eigenvalue weighted by Crippen LogP contribution is -2.57. The van der Waals surface area contributed by atoms with E-state index in [1.165, 1.54) is 60.7 Å². The molecule has 5 aromatic carbocycles. The van der Waals surface area contributed by atoms with Crippen molar-refractivity contribution in [2.75, 3.05) is 0 Å². The summed E-state index contributed by atoms with van der Waals surface area (Å²) in [5, 5.41) is 151. The SMILES string of the molecule is O=C(/C=C/c1ccc(O)c(O)c1)O[C@@H](C(=O)O)[C@@H](OC(=O)/C=C/c1ccc(O)c(O)c1)C(=O)O.O=C(/C=C/c1ccc(O)c(O)c1)O[C@@H]1C[C@](O)(C(=O)O)C[C@@H](O)[C@H]1O.O=c1cc(-c2ccc(O)c(O)c2)oc2cc(O)cc(O)c12. The van der Waals surface area contributed by atoms with Gasteiger partial charge in [0, 0.05) is 54.8 Å². The van der Waals surface area contributed by atoms with E-state index in [4.69, 9.17) is 14.3 Å². The lowest BCUT2D eigenvalue weighted by molar-refractivity contribution is -0.196. The number of rotatable bonds is 14. The van der Waals surface area contributed by atoms with E-state index >= 15 is 0 Å². The zero-order chi connectivity index (χ0) is 59.3. The highest BCUT2D eigenvalue weighted by Crippen LogP contribution is 2.35. The van der Waals surface area contributed by atoms with Crippen LogP contribution in [0, 0.1) is 0 Å². The first kappa shape index (κ1) is 60.1. The molecule has 0 unspecified atom stereocenters. The summed E-state index contributed by atoms with van der Waals surface area (Å²) in [5.74, 6) is -12.6. The maximum Gasteiger partial charge on any atom is 0.349 e. The van der Waals surface area contributed by atoms with Crippen molar-refractivity contribution in [3.63, 3.8) is 0 Å². The highest BCUT2D eigenvalue weighted by Gasteiger charge is 2.50. The maximum absolute atomic E-state index is 12.0. The molecule has 7 rings (SSSR count). The third kappa shape index (κ3) is 15.9. The summed E-state index contributed by atoms with van der Waals surface area (Å²) in [6.45, 7) is 0. The van der Waals surface area contributed by atoms with Crippen molar-refractivity contribution in [2.24, 2.45) is 0 Å². The summed E-state index contributed by atoms with van der Waals surface area (Å²) >= 11 is 0. The molecule has 27 nitrogen and oxygen atoms in total. The first-order valence-electron chi connectivity index (χ1n) is 22.6. The maximum atomic E-state index is 12.0. The number of carbonyl (C=O) groups is 6. The second-order valence-corrected chi connectivity index (χ2v) is 16.9. The quantitative estimate of drug-likeness (QED) is 0.0323. The number of carboxylic acids is 3. The molecule has 0 spiro atoms. The monoisotopic (exact) mass is 1110 g/mol. The van der Waals surface area contributed by atoms with Gasteiger partial charge in [0.1, 0.15) is 40.4 Å². The molecule has 0 amide bonds. The molecule has 0 radical (unpaired) electrons. The van der Waals surface area contributed by atoms with Crippen molar-refractivity contribution in [1.82, 2.24) is 0 Å². The lowest BCUT2D eigenvalue weighted by atomic mass is 9.79. The summed E-state index contributed by atoms with van der Waals surface area (Å²) in [5.41, 5.74) is -1.59. The van der Waals surface area contributed by atoms with Crippen LogP contribution in [0.15, 0.2) is 118 Å². The minimum Gasteiger partial charge on any atom is -0.508 e. The molecule has 1 aliphatic rings. The number of aliphatic hydroxyl groups is 3. The zero-order valence-corrected chi connectivity index (χ0v) is 40.6. The van der Waals surface area contributed by atoms with E-state index in [2.05, 4.69) is 9.47 Å². The van der Waals surface area contributed by atoms with Gasteiger partial charge in [0.05, 0.1) is 6.10 Å². The number of hydrogen-bond donors (Lipinski definition) is 16. The van der Waals surface area contributed by atoms with E-state index in [0.29, 0.717) is 11.1 Å². The smallest absolute Gasteiger partial charge is 0.349 e. The molecule has 16 N–H and O–H groups in total. The van der Waals surface area contributed by atoms with Crippen LogP contribution in [0.5, 0.6) is 57.5 Å². The number of benzene rings is 5. The number of ether oxygens (including phenoxy) is 3. The molecule has 1 heterocycles. The fourth-order valence-corrected chi connectivity index (χ4v) is 7.04. The van der Waals surface area contributed by atoms with Gasteiger partial charge in [-0.05, 0) is 89.5 Å². The second-order valence-electron chi connectivity index (χ2n) is 16.9. The van der Waals surface area contributed by atoms with Crippen molar-refractivity contribution in [3.8, 4) is 68.8 Å². The normalized spacial score (nSPS) is 17.5. The molecule has 420 valence electrons. The summed E-state index contributed by atoms with van der Waals surface area (Å²) in [7, 11) is 0. The van der Waals surface area contributed by atoms with E-state index in [0.717, 1.165) is 66.8 Å². The molecule has 27 heteroatoms. The zero-order valence-electron chi connectivity index (χ0n) is 40.6. The van der Waals surface area contributed by atoms with Gasteiger partial charge in [-0.25, -0.2) is 28.8 Å². The number of phenols is 10. The van der Waals surface area contributed by atoms with Crippen LogP contribution in [0.2, 0.25) is 0 Å². The van der Waals surface area contributed by atoms with E-state index in [-0.39, 0.29) is 62.4 Å². The van der Waals surface area contributed by atoms with E-state index in [9.17, 15) is 110 Å². The highest BCUT2D eigenvalue weighted by molar-refractivity contribution is 5.94. The summed E-state index contributed by atoms with van der Waals surface area (Å²) in [6, 6.07) is 18.3. The predicted molar refractivity (Wildman–Crippen MR) is 270 cm³/mol. The summed E-state index contributed by atoms with van der Waals surface area (Å²) < 4.78 is 19.6. The van der Waals surface area contributed by atoms with Crippen LogP contribution in [-0.4, -0.2) is 154 Å². The second kappa shape index (κ2) is 25.8. The average molecular weight is 1110 g/mol. The van der Waals surface area contributed by atoms with Crippen molar-refractivity contribution < 1.29 is 129 Å². The minimum atomic E-state index is -2.40. The van der Waals surface area contributed by atoms with Crippen LogP contribution in [0.25, 0.3) is 40.5 Å². The van der Waals surface area contributed by atoms with E-state index < -0.39 is 113 Å². The van der Waals surface area contributed by atoms with Gasteiger partial charge in [-0.15, -0.1) is 0 Å². The van der Waals surface area contributed by atoms with Crippen molar-refractivity contribution in [2.45, 2.75) is 49.0 Å². The summed E-state index contributed by atoms with van der Waals surface area (Å²) in [4.78, 5) is 81.9. The molecule has 0 bridgehead atoms. The van der Waals surface area contributed by atoms with Gasteiger partial charge in [-0.3, -0.25) is 4.79 Å². The number of esters is 3. The number of phenolic OH excluding ortho intramolecular Hbond substituents is 10. The van der Waals surface area contributed by atoms with Gasteiger partial charge in [0.25, 0.3) is 0 Å². The van der Waals surface area contributed by atoms with Gasteiger partial charge >= 0.3 is 35.8 Å². The predicted octanol–water partition coefficient (Wildman–Crippen LogP) is 2.86. The molecular formula is C53H46O27. The van der Waals surface area contributed by atoms with Crippen LogP contribution in [-0.2, 0) is 43.0 Å². The number of aliphatic hydroxyl groups excluding tert-OH is 2. The molecule has 0 aliphatic heterocycles. The van der Waals surface area contributed by atoms with Crippen LogP contribution >= 0.6 is 0 Å². The van der Waals surface area contributed by atoms with Gasteiger partial charge in [0.2, 0.25) is 12.2 Å². The van der Waals surface area contributed by atoms with Crippen molar-refractivity contribution in [1.29, 1.82) is 0 Å². The first-order chi connectivity index (χ1) is 37.5. The fourth-order valence-electron chi connectivity index (χ4n) is 7.04. The number of aliphatic carboxylic acids is 3. The van der Waals surface area contributed by atoms with Gasteiger partial charge < -0.3 is 100 Å². The molecule has 6 aromatic rings. The Kier molecular flexibility index (Phi) is 19.4. The Morgan fingerprint density at radius 2 is 0.950 bits per heavy atom. The Morgan fingerprint density at radius 1 is 0.525 bits per heavy atom. The lowest BCUT2D eigenvalue weighted by Gasteiger charge is -2.39. The van der Waals surface area contributed by atoms with E-state index in [1.807, 2.05) is 0 Å². The molecule has 1 aliphatic carbocycles. The summed E-state index contributed by atoms with van der Waals surface area (Å²) in [6.07, 6.45) is -4.59. The third-order valence-electron chi connectivity index (χ3n) is 11.1. The first-order valence-corrected chi connectivity index (χ1v) is 22.6.